The van der Waals surface area contributed by atoms with E-state index in [9.17, 15) is 9.18 Å². The molecule has 0 amide bonds. The lowest BCUT2D eigenvalue weighted by atomic mass is 10.0. The summed E-state index contributed by atoms with van der Waals surface area (Å²) in [5, 5.41) is 0. The van der Waals surface area contributed by atoms with Crippen molar-refractivity contribution >= 4 is 11.5 Å². The molecule has 20 heavy (non-hydrogen) atoms. The number of hydrogen-bond acceptors (Lipinski definition) is 4. The van der Waals surface area contributed by atoms with Crippen LogP contribution in [-0.4, -0.2) is 20.0 Å². The normalized spacial score (nSPS) is 10.2. The average molecular weight is 275 g/mol. The summed E-state index contributed by atoms with van der Waals surface area (Å²) in [6.07, 6.45) is 0. The first kappa shape index (κ1) is 13.9. The van der Waals surface area contributed by atoms with E-state index in [1.807, 2.05) is 0 Å². The molecule has 5 heteroatoms. The van der Waals surface area contributed by atoms with Gasteiger partial charge in [-0.3, -0.25) is 4.79 Å². The van der Waals surface area contributed by atoms with Crippen LogP contribution in [0.3, 0.4) is 0 Å². The van der Waals surface area contributed by atoms with Gasteiger partial charge in [0.15, 0.2) is 5.78 Å². The van der Waals surface area contributed by atoms with E-state index in [0.29, 0.717) is 17.1 Å². The third kappa shape index (κ3) is 2.56. The standard InChI is InChI=1S/C15H14FNO3/c1-19-10-4-5-11(14(8-10)20-2)15(18)9-3-6-13(17)12(16)7-9/h3-8H,17H2,1-2H3. The van der Waals surface area contributed by atoms with Crippen LogP contribution in [0.15, 0.2) is 36.4 Å². The Bertz CT molecular complexity index is 656. The Balaban J connectivity index is 2.44. The summed E-state index contributed by atoms with van der Waals surface area (Å²) in [6, 6.07) is 8.77. The molecule has 0 aliphatic carbocycles. The topological polar surface area (TPSA) is 61.5 Å². The van der Waals surface area contributed by atoms with E-state index in [1.165, 1.54) is 26.4 Å². The number of methoxy groups -OCH3 is 2. The van der Waals surface area contributed by atoms with E-state index in [1.54, 1.807) is 18.2 Å². The summed E-state index contributed by atoms with van der Waals surface area (Å²) in [7, 11) is 2.97. The summed E-state index contributed by atoms with van der Waals surface area (Å²) in [5.74, 6) is -0.0276. The van der Waals surface area contributed by atoms with E-state index in [4.69, 9.17) is 15.2 Å². The molecule has 0 bridgehead atoms. The quantitative estimate of drug-likeness (QED) is 0.688. The molecule has 0 spiro atoms. The van der Waals surface area contributed by atoms with Gasteiger partial charge in [-0.05, 0) is 30.3 Å². The van der Waals surface area contributed by atoms with Gasteiger partial charge in [0, 0.05) is 11.6 Å². The number of carbonyl (C=O) groups excluding carboxylic acids is 1. The van der Waals surface area contributed by atoms with Crippen molar-refractivity contribution in [3.8, 4) is 11.5 Å². The molecule has 0 heterocycles. The second-order valence-corrected chi connectivity index (χ2v) is 4.13. The predicted octanol–water partition coefficient (Wildman–Crippen LogP) is 2.66. The number of anilines is 1. The number of benzene rings is 2. The van der Waals surface area contributed by atoms with Gasteiger partial charge in [0.25, 0.3) is 0 Å². The molecule has 0 aliphatic heterocycles. The molecule has 2 N–H and O–H groups in total. The number of halogens is 1. The summed E-state index contributed by atoms with van der Waals surface area (Å²) in [4.78, 5) is 12.4. The summed E-state index contributed by atoms with van der Waals surface area (Å²) in [6.45, 7) is 0. The van der Waals surface area contributed by atoms with E-state index >= 15 is 0 Å². The van der Waals surface area contributed by atoms with Crippen molar-refractivity contribution in [3.05, 3.63) is 53.3 Å². The van der Waals surface area contributed by atoms with Gasteiger partial charge in [0.2, 0.25) is 0 Å². The zero-order valence-corrected chi connectivity index (χ0v) is 11.1. The summed E-state index contributed by atoms with van der Waals surface area (Å²) >= 11 is 0. The fraction of sp³-hybridized carbons (Fsp3) is 0.133. The zero-order valence-electron chi connectivity index (χ0n) is 11.1. The first-order chi connectivity index (χ1) is 9.56. The molecule has 2 aromatic carbocycles. The van der Waals surface area contributed by atoms with Crippen molar-refractivity contribution in [1.29, 1.82) is 0 Å². The number of nitrogen functional groups attached to an aromatic ring is 1. The lowest BCUT2D eigenvalue weighted by Crippen LogP contribution is -2.05. The van der Waals surface area contributed by atoms with Gasteiger partial charge < -0.3 is 15.2 Å². The number of nitrogens with two attached hydrogens (primary N) is 1. The van der Waals surface area contributed by atoms with Crippen LogP contribution in [0, 0.1) is 5.82 Å². The first-order valence-corrected chi connectivity index (χ1v) is 5.88. The Labute approximate surface area is 115 Å². The van der Waals surface area contributed by atoms with Crippen LogP contribution in [0.1, 0.15) is 15.9 Å². The van der Waals surface area contributed by atoms with Crippen molar-refractivity contribution in [2.24, 2.45) is 0 Å². The second-order valence-electron chi connectivity index (χ2n) is 4.13. The molecular weight excluding hydrogens is 261 g/mol. The molecule has 0 atom stereocenters. The number of ketones is 1. The maximum atomic E-state index is 13.4. The van der Waals surface area contributed by atoms with Crippen LogP contribution in [0.4, 0.5) is 10.1 Å². The molecule has 0 unspecified atom stereocenters. The van der Waals surface area contributed by atoms with Crippen LogP contribution in [0.5, 0.6) is 11.5 Å². The second kappa shape index (κ2) is 5.61. The molecular formula is C15H14FNO3. The molecule has 2 aromatic rings. The van der Waals surface area contributed by atoms with Gasteiger partial charge >= 0.3 is 0 Å². The highest BCUT2D eigenvalue weighted by Crippen LogP contribution is 2.27. The third-order valence-electron chi connectivity index (χ3n) is 2.92. The maximum Gasteiger partial charge on any atom is 0.196 e. The fourth-order valence-electron chi connectivity index (χ4n) is 1.81. The molecule has 0 aliphatic rings. The highest BCUT2D eigenvalue weighted by molar-refractivity contribution is 6.11. The predicted molar refractivity (Wildman–Crippen MR) is 73.8 cm³/mol. The Kier molecular flexibility index (Phi) is 3.89. The molecule has 0 fully saturated rings. The number of hydrogen-bond donors (Lipinski definition) is 1. The fourth-order valence-corrected chi connectivity index (χ4v) is 1.81. The van der Waals surface area contributed by atoms with Crippen molar-refractivity contribution < 1.29 is 18.7 Å². The number of carbonyl (C=O) groups is 1. The van der Waals surface area contributed by atoms with Crippen molar-refractivity contribution in [1.82, 2.24) is 0 Å². The monoisotopic (exact) mass is 275 g/mol. The maximum absolute atomic E-state index is 13.4. The molecule has 0 saturated carbocycles. The minimum absolute atomic E-state index is 0.00301. The van der Waals surface area contributed by atoms with E-state index in [0.717, 1.165) is 6.07 Å². The van der Waals surface area contributed by atoms with Crippen LogP contribution < -0.4 is 15.2 Å². The summed E-state index contributed by atoms with van der Waals surface area (Å²) in [5.41, 5.74) is 5.94. The summed E-state index contributed by atoms with van der Waals surface area (Å²) < 4.78 is 23.7. The Morgan fingerprint density at radius 3 is 2.45 bits per heavy atom. The molecule has 104 valence electrons. The Hall–Kier alpha value is -2.56. The SMILES string of the molecule is COc1ccc(C(=O)c2ccc(N)c(F)c2)c(OC)c1. The smallest absolute Gasteiger partial charge is 0.196 e. The van der Waals surface area contributed by atoms with Gasteiger partial charge in [0.05, 0.1) is 25.5 Å². The largest absolute Gasteiger partial charge is 0.497 e. The molecule has 0 radical (unpaired) electrons. The van der Waals surface area contributed by atoms with Crippen LogP contribution in [0.25, 0.3) is 0 Å². The Morgan fingerprint density at radius 1 is 1.10 bits per heavy atom. The number of rotatable bonds is 4. The van der Waals surface area contributed by atoms with E-state index in [-0.39, 0.29) is 17.0 Å². The van der Waals surface area contributed by atoms with Crippen LogP contribution in [0.2, 0.25) is 0 Å². The first-order valence-electron chi connectivity index (χ1n) is 5.88. The van der Waals surface area contributed by atoms with Gasteiger partial charge in [-0.1, -0.05) is 0 Å². The highest BCUT2D eigenvalue weighted by Gasteiger charge is 2.16. The van der Waals surface area contributed by atoms with Crippen LogP contribution >= 0.6 is 0 Å². The van der Waals surface area contributed by atoms with E-state index < -0.39 is 5.82 Å². The zero-order chi connectivity index (χ0) is 14.7. The lowest BCUT2D eigenvalue weighted by molar-refractivity contribution is 0.103. The lowest BCUT2D eigenvalue weighted by Gasteiger charge is -2.10. The van der Waals surface area contributed by atoms with Crippen molar-refractivity contribution in [2.75, 3.05) is 20.0 Å². The van der Waals surface area contributed by atoms with Crippen molar-refractivity contribution in [3.63, 3.8) is 0 Å². The molecule has 4 nitrogen and oxygen atoms in total. The molecule has 2 rings (SSSR count). The Morgan fingerprint density at radius 2 is 1.85 bits per heavy atom. The van der Waals surface area contributed by atoms with Gasteiger partial charge in [0.1, 0.15) is 17.3 Å². The minimum atomic E-state index is -0.622. The van der Waals surface area contributed by atoms with Gasteiger partial charge in [-0.15, -0.1) is 0 Å². The van der Waals surface area contributed by atoms with Crippen LogP contribution in [-0.2, 0) is 0 Å². The van der Waals surface area contributed by atoms with E-state index in [2.05, 4.69) is 0 Å². The van der Waals surface area contributed by atoms with Gasteiger partial charge in [-0.25, -0.2) is 4.39 Å². The third-order valence-corrected chi connectivity index (χ3v) is 2.92. The van der Waals surface area contributed by atoms with Crippen molar-refractivity contribution in [2.45, 2.75) is 0 Å². The molecule has 0 aromatic heterocycles. The highest BCUT2D eigenvalue weighted by atomic mass is 19.1. The molecule has 0 saturated heterocycles. The minimum Gasteiger partial charge on any atom is -0.497 e. The number of ether oxygens (including phenoxy) is 2. The average Bonchev–Trinajstić information content (AvgIpc) is 2.48. The van der Waals surface area contributed by atoms with Gasteiger partial charge in [-0.2, -0.15) is 0 Å².